The molecule has 4 heteroatoms. The Kier molecular flexibility index (Phi) is 4.89. The normalized spacial score (nSPS) is 23.1. The van der Waals surface area contributed by atoms with Gasteiger partial charge in [-0.05, 0) is 55.5 Å². The van der Waals surface area contributed by atoms with E-state index in [1.807, 2.05) is 24.3 Å². The molecule has 0 saturated carbocycles. The molecule has 0 saturated heterocycles. The second-order valence-corrected chi connectivity index (χ2v) is 8.24. The highest BCUT2D eigenvalue weighted by Crippen LogP contribution is 2.38. The van der Waals surface area contributed by atoms with E-state index in [0.29, 0.717) is 6.54 Å². The Morgan fingerprint density at radius 1 is 1.04 bits per heavy atom. The fraction of sp³-hybridized carbons (Fsp3) is 0.409. The largest absolute Gasteiger partial charge is 0.346 e. The van der Waals surface area contributed by atoms with Gasteiger partial charge in [-0.15, -0.1) is 0 Å². The van der Waals surface area contributed by atoms with E-state index in [2.05, 4.69) is 56.6 Å². The molecule has 0 aromatic heterocycles. The van der Waals surface area contributed by atoms with Gasteiger partial charge in [-0.3, -0.25) is 4.58 Å². The van der Waals surface area contributed by atoms with Crippen molar-refractivity contribution >= 4 is 27.5 Å². The maximum Gasteiger partial charge on any atom is 0.275 e. The van der Waals surface area contributed by atoms with Gasteiger partial charge in [0.1, 0.15) is 5.69 Å². The third-order valence-electron chi connectivity index (χ3n) is 5.64. The third kappa shape index (κ3) is 3.10. The Labute approximate surface area is 164 Å². The smallest absolute Gasteiger partial charge is 0.275 e. The van der Waals surface area contributed by atoms with Crippen molar-refractivity contribution in [3.63, 3.8) is 0 Å². The maximum absolute atomic E-state index is 11.9. The van der Waals surface area contributed by atoms with Crippen LogP contribution in [0, 0.1) is 0 Å². The van der Waals surface area contributed by atoms with Crippen LogP contribution in [0.2, 0.25) is 0 Å². The minimum Gasteiger partial charge on any atom is -0.346 e. The average Bonchev–Trinajstić information content (AvgIpc) is 2.79. The first-order valence-electron chi connectivity index (χ1n) is 9.60. The number of rotatable bonds is 3. The molecule has 3 nitrogen and oxygen atoms in total. The quantitative estimate of drug-likeness (QED) is 0.740. The summed E-state index contributed by atoms with van der Waals surface area (Å²) in [6.45, 7) is 3.82. The summed E-state index contributed by atoms with van der Waals surface area (Å²) in [4.78, 5) is 2.18. The molecule has 1 N–H and O–H groups in total. The highest BCUT2D eigenvalue weighted by Gasteiger charge is 2.53. The Morgan fingerprint density at radius 3 is 2.46 bits per heavy atom. The molecule has 2 heterocycles. The zero-order valence-corrected chi connectivity index (χ0v) is 16.9. The van der Waals surface area contributed by atoms with Crippen molar-refractivity contribution in [3.8, 4) is 0 Å². The van der Waals surface area contributed by atoms with Gasteiger partial charge in [0.25, 0.3) is 11.6 Å². The van der Waals surface area contributed by atoms with E-state index in [1.165, 1.54) is 30.7 Å². The van der Waals surface area contributed by atoms with E-state index in [4.69, 9.17) is 0 Å². The lowest BCUT2D eigenvalue weighted by molar-refractivity contribution is -0.534. The molecule has 2 aliphatic heterocycles. The van der Waals surface area contributed by atoms with Gasteiger partial charge in [0, 0.05) is 16.5 Å². The van der Waals surface area contributed by atoms with Gasteiger partial charge < -0.3 is 5.11 Å². The first-order valence-corrected chi connectivity index (χ1v) is 10.4. The molecule has 2 aromatic carbocycles. The van der Waals surface area contributed by atoms with Crippen LogP contribution in [0.5, 0.6) is 0 Å². The Balaban J connectivity index is 1.81. The molecule has 2 aliphatic rings. The van der Waals surface area contributed by atoms with E-state index in [0.717, 1.165) is 35.1 Å². The zero-order valence-electron chi connectivity index (χ0n) is 15.3. The molecule has 1 atom stereocenters. The summed E-state index contributed by atoms with van der Waals surface area (Å²) in [5.41, 5.74) is 2.32. The minimum absolute atomic E-state index is 0.624. The highest BCUT2D eigenvalue weighted by molar-refractivity contribution is 9.10. The van der Waals surface area contributed by atoms with Crippen LogP contribution in [-0.2, 0) is 12.1 Å². The molecule has 26 heavy (non-hydrogen) atoms. The number of hydrogen-bond donors (Lipinski definition) is 1. The van der Waals surface area contributed by atoms with E-state index in [-0.39, 0.29) is 0 Å². The molecule has 0 aliphatic carbocycles. The van der Waals surface area contributed by atoms with Crippen molar-refractivity contribution in [2.45, 2.75) is 44.8 Å². The highest BCUT2D eigenvalue weighted by atomic mass is 79.9. The number of benzene rings is 2. The van der Waals surface area contributed by atoms with Crippen molar-refractivity contribution in [3.05, 3.63) is 64.1 Å². The number of aryl methyl sites for hydroxylation is 1. The summed E-state index contributed by atoms with van der Waals surface area (Å²) in [7, 11) is 0. The molecule has 0 unspecified atom stereocenters. The molecular weight excluding hydrogens is 388 g/mol. The summed E-state index contributed by atoms with van der Waals surface area (Å²) < 4.78 is 3.42. The number of aliphatic hydroxyl groups is 1. The van der Waals surface area contributed by atoms with Crippen molar-refractivity contribution in [2.75, 3.05) is 18.0 Å². The zero-order chi connectivity index (χ0) is 18.1. The molecule has 0 spiro atoms. The number of anilines is 1. The van der Waals surface area contributed by atoms with Crippen LogP contribution in [0.1, 0.15) is 43.7 Å². The van der Waals surface area contributed by atoms with Crippen molar-refractivity contribution in [2.24, 2.45) is 0 Å². The van der Waals surface area contributed by atoms with Crippen molar-refractivity contribution in [1.82, 2.24) is 0 Å². The van der Waals surface area contributed by atoms with Gasteiger partial charge in [-0.2, -0.15) is 4.90 Å². The standard InChI is InChI=1S/C22H26BrN2O/c1-2-17-7-13-20(14-8-17)25-21-6-4-3-5-15-24(21)16-22(25,26)18-9-11-19(23)12-10-18/h7-14,26H,2-6,15-16H2,1H3/q+1/t22-/m0/s1. The van der Waals surface area contributed by atoms with E-state index < -0.39 is 5.72 Å². The fourth-order valence-electron chi connectivity index (χ4n) is 4.20. The second kappa shape index (κ2) is 7.16. The number of amidine groups is 1. The Morgan fingerprint density at radius 2 is 1.77 bits per heavy atom. The molecular formula is C22H26BrN2O+. The summed E-state index contributed by atoms with van der Waals surface area (Å²) in [5, 5.41) is 11.9. The summed E-state index contributed by atoms with van der Waals surface area (Å²) in [5.74, 6) is 1.26. The molecule has 0 radical (unpaired) electrons. The van der Waals surface area contributed by atoms with Crippen LogP contribution >= 0.6 is 15.9 Å². The Bertz CT molecular complexity index is 813. The molecule has 136 valence electrons. The number of hydrogen-bond acceptors (Lipinski definition) is 2. The monoisotopic (exact) mass is 413 g/mol. The van der Waals surface area contributed by atoms with Gasteiger partial charge in [-0.25, -0.2) is 0 Å². The lowest BCUT2D eigenvalue weighted by Crippen LogP contribution is -2.47. The van der Waals surface area contributed by atoms with Gasteiger partial charge in [0.05, 0.1) is 6.54 Å². The molecule has 0 bridgehead atoms. The SMILES string of the molecule is CCc1ccc(N2C3=[N+](CCCCC3)C[C@]2(O)c2ccc(Br)cc2)cc1. The van der Waals surface area contributed by atoms with Crippen molar-refractivity contribution in [1.29, 1.82) is 0 Å². The van der Waals surface area contributed by atoms with Crippen LogP contribution in [0.15, 0.2) is 53.0 Å². The van der Waals surface area contributed by atoms with Crippen LogP contribution in [-0.4, -0.2) is 28.6 Å². The van der Waals surface area contributed by atoms with Crippen molar-refractivity contribution < 1.29 is 9.68 Å². The predicted octanol–water partition coefficient (Wildman–Crippen LogP) is 4.66. The second-order valence-electron chi connectivity index (χ2n) is 7.33. The van der Waals surface area contributed by atoms with E-state index in [9.17, 15) is 5.11 Å². The summed E-state index contributed by atoms with van der Waals surface area (Å²) >= 11 is 3.51. The average molecular weight is 414 g/mol. The van der Waals surface area contributed by atoms with Gasteiger partial charge in [0.15, 0.2) is 6.54 Å². The molecule has 2 aromatic rings. The predicted molar refractivity (Wildman–Crippen MR) is 110 cm³/mol. The first-order chi connectivity index (χ1) is 12.6. The van der Waals surface area contributed by atoms with Gasteiger partial charge in [-0.1, -0.05) is 47.1 Å². The van der Waals surface area contributed by atoms with Crippen LogP contribution in [0.4, 0.5) is 5.69 Å². The topological polar surface area (TPSA) is 26.5 Å². The number of nitrogens with zero attached hydrogens (tertiary/aromatic N) is 2. The van der Waals surface area contributed by atoms with Crippen LogP contribution in [0.25, 0.3) is 0 Å². The lowest BCUT2D eigenvalue weighted by atomic mass is 9.99. The number of halogens is 1. The van der Waals surface area contributed by atoms with E-state index >= 15 is 0 Å². The molecule has 0 fully saturated rings. The van der Waals surface area contributed by atoms with E-state index in [1.54, 1.807) is 0 Å². The minimum atomic E-state index is -1.03. The van der Waals surface area contributed by atoms with Gasteiger partial charge in [0.2, 0.25) is 0 Å². The maximum atomic E-state index is 11.9. The third-order valence-corrected chi connectivity index (χ3v) is 6.17. The summed E-state index contributed by atoms with van der Waals surface area (Å²) in [6, 6.07) is 16.8. The summed E-state index contributed by atoms with van der Waals surface area (Å²) in [6.07, 6.45) is 5.70. The Hall–Kier alpha value is -1.65. The molecule has 4 rings (SSSR count). The van der Waals surface area contributed by atoms with Crippen LogP contribution < -0.4 is 4.90 Å². The van der Waals surface area contributed by atoms with Gasteiger partial charge >= 0.3 is 0 Å². The first kappa shape index (κ1) is 17.7. The molecule has 0 amide bonds. The lowest BCUT2D eigenvalue weighted by Gasteiger charge is -2.29. The fourth-order valence-corrected chi connectivity index (χ4v) is 4.47. The van der Waals surface area contributed by atoms with Crippen LogP contribution in [0.3, 0.4) is 0 Å².